The van der Waals surface area contributed by atoms with Crippen LogP contribution < -0.4 is 10.1 Å². The van der Waals surface area contributed by atoms with Crippen LogP contribution in [0.1, 0.15) is 21.5 Å². The van der Waals surface area contributed by atoms with Crippen LogP contribution in [-0.2, 0) is 6.18 Å². The lowest BCUT2D eigenvalue weighted by molar-refractivity contribution is -0.388. The van der Waals surface area contributed by atoms with Crippen molar-refractivity contribution in [1.29, 1.82) is 0 Å². The zero-order chi connectivity index (χ0) is 27.6. The minimum absolute atomic E-state index is 0.0540. The average molecular weight is 545 g/mol. The smallest absolute Gasteiger partial charge is 0.423 e. The molecule has 198 valence electrons. The van der Waals surface area contributed by atoms with Crippen LogP contribution >= 0.6 is 11.3 Å². The number of benzene rings is 3. The van der Waals surface area contributed by atoms with Crippen molar-refractivity contribution in [3.8, 4) is 16.3 Å². The lowest BCUT2D eigenvalue weighted by Crippen LogP contribution is -2.19. The van der Waals surface area contributed by atoms with Gasteiger partial charge in [0.15, 0.2) is 0 Å². The van der Waals surface area contributed by atoms with E-state index in [2.05, 4.69) is 10.3 Å². The Balaban J connectivity index is 1.51. The summed E-state index contributed by atoms with van der Waals surface area (Å²) in [6.45, 7) is 2.70. The van der Waals surface area contributed by atoms with Gasteiger partial charge in [0.2, 0.25) is 0 Å². The zero-order valence-corrected chi connectivity index (χ0v) is 21.4. The predicted octanol–water partition coefficient (Wildman–Crippen LogP) is 6.39. The van der Waals surface area contributed by atoms with Gasteiger partial charge in [-0.1, -0.05) is 0 Å². The minimum Gasteiger partial charge on any atom is -0.492 e. The molecule has 12 heteroatoms. The Labute approximate surface area is 219 Å². The summed E-state index contributed by atoms with van der Waals surface area (Å²) in [4.78, 5) is 29.4. The number of nitro benzene ring substituents is 1. The van der Waals surface area contributed by atoms with E-state index in [4.69, 9.17) is 4.74 Å². The molecular formula is C26H23F3N4O4S. The molecule has 0 fully saturated rings. The summed E-state index contributed by atoms with van der Waals surface area (Å²) < 4.78 is 46.8. The first-order valence-electron chi connectivity index (χ1n) is 11.4. The summed E-state index contributed by atoms with van der Waals surface area (Å²) in [7, 11) is 3.94. The van der Waals surface area contributed by atoms with Crippen molar-refractivity contribution in [1.82, 2.24) is 9.88 Å². The maximum Gasteiger partial charge on any atom is 0.423 e. The fourth-order valence-electron chi connectivity index (χ4n) is 3.67. The van der Waals surface area contributed by atoms with E-state index in [1.165, 1.54) is 18.3 Å². The number of carbonyl (C=O) groups excluding carboxylic acids is 1. The zero-order valence-electron chi connectivity index (χ0n) is 20.6. The number of carbonyl (C=O) groups is 1. The average Bonchev–Trinajstić information content (AvgIpc) is 3.26. The number of alkyl halides is 3. The number of thiazole rings is 1. The molecular weight excluding hydrogens is 521 g/mol. The standard InChI is InChI=1S/C26H23F3N4O4S/c1-15-12-22(33(35)36)20(26(27,28)29)14-19(15)24(34)30-17-6-4-16(5-7-17)25-31-21-9-8-18(13-23(21)38-25)37-11-10-32(2)3/h4-9,12-14H,10-11H2,1-3H3,(H,30,34). The van der Waals surface area contributed by atoms with E-state index in [0.717, 1.165) is 39.1 Å². The highest BCUT2D eigenvalue weighted by molar-refractivity contribution is 7.21. The summed E-state index contributed by atoms with van der Waals surface area (Å²) in [6.07, 6.45) is -4.98. The van der Waals surface area contributed by atoms with Crippen LogP contribution in [0, 0.1) is 17.0 Å². The van der Waals surface area contributed by atoms with Crippen LogP contribution in [0.25, 0.3) is 20.8 Å². The number of likely N-dealkylation sites (N-methyl/N-ethyl adjacent to an activating group) is 1. The maximum atomic E-state index is 13.3. The number of halogens is 3. The maximum absolute atomic E-state index is 13.3. The number of nitro groups is 1. The Morgan fingerprint density at radius 3 is 2.47 bits per heavy atom. The van der Waals surface area contributed by atoms with Crippen LogP contribution in [-0.4, -0.2) is 48.0 Å². The Kier molecular flexibility index (Phi) is 7.65. The predicted molar refractivity (Wildman–Crippen MR) is 140 cm³/mol. The summed E-state index contributed by atoms with van der Waals surface area (Å²) in [5.41, 5.74) is -0.862. The summed E-state index contributed by atoms with van der Waals surface area (Å²) in [6, 6.07) is 13.7. The molecule has 0 saturated carbocycles. The molecule has 0 atom stereocenters. The van der Waals surface area contributed by atoms with E-state index >= 15 is 0 Å². The molecule has 4 aromatic rings. The van der Waals surface area contributed by atoms with Crippen LogP contribution in [0.4, 0.5) is 24.5 Å². The number of nitrogens with one attached hydrogen (secondary N) is 1. The number of aromatic nitrogens is 1. The lowest BCUT2D eigenvalue weighted by Gasteiger charge is -2.12. The van der Waals surface area contributed by atoms with Crippen LogP contribution in [0.5, 0.6) is 5.75 Å². The fourth-order valence-corrected chi connectivity index (χ4v) is 4.67. The molecule has 0 bridgehead atoms. The normalized spacial score (nSPS) is 11.7. The number of nitrogens with zero attached hydrogens (tertiary/aromatic N) is 3. The first-order valence-corrected chi connectivity index (χ1v) is 12.2. The monoisotopic (exact) mass is 544 g/mol. The molecule has 0 unspecified atom stereocenters. The number of rotatable bonds is 8. The van der Waals surface area contributed by atoms with Crippen molar-refractivity contribution in [3.05, 3.63) is 81.4 Å². The highest BCUT2D eigenvalue weighted by atomic mass is 32.1. The number of ether oxygens (including phenoxy) is 1. The van der Waals surface area contributed by atoms with Crippen molar-refractivity contribution in [3.63, 3.8) is 0 Å². The summed E-state index contributed by atoms with van der Waals surface area (Å²) >= 11 is 1.48. The second-order valence-electron chi connectivity index (χ2n) is 8.77. The largest absolute Gasteiger partial charge is 0.492 e. The molecule has 0 saturated heterocycles. The van der Waals surface area contributed by atoms with E-state index in [-0.39, 0.29) is 11.1 Å². The highest BCUT2D eigenvalue weighted by Gasteiger charge is 2.39. The van der Waals surface area contributed by atoms with E-state index in [0.29, 0.717) is 18.4 Å². The number of hydrogen-bond donors (Lipinski definition) is 1. The van der Waals surface area contributed by atoms with Gasteiger partial charge in [-0.3, -0.25) is 14.9 Å². The third-order valence-corrected chi connectivity index (χ3v) is 6.71. The molecule has 0 aliphatic heterocycles. The molecule has 0 aliphatic rings. The second kappa shape index (κ2) is 10.8. The van der Waals surface area contributed by atoms with Crippen LogP contribution in [0.2, 0.25) is 0 Å². The number of hydrogen-bond acceptors (Lipinski definition) is 7. The quantitative estimate of drug-likeness (QED) is 0.204. The third kappa shape index (κ3) is 6.09. The molecule has 1 aromatic heterocycles. The van der Waals surface area contributed by atoms with Gasteiger partial charge in [0, 0.05) is 29.4 Å². The molecule has 3 aromatic carbocycles. The number of fused-ring (bicyclic) bond motifs is 1. The van der Waals surface area contributed by atoms with Gasteiger partial charge in [0.05, 0.1) is 15.1 Å². The number of anilines is 1. The summed E-state index contributed by atoms with van der Waals surface area (Å²) in [5.74, 6) is -0.0553. The van der Waals surface area contributed by atoms with Crippen molar-refractivity contribution < 1.29 is 27.6 Å². The third-order valence-electron chi connectivity index (χ3n) is 5.65. The topological polar surface area (TPSA) is 97.6 Å². The fraction of sp³-hybridized carbons (Fsp3) is 0.231. The van der Waals surface area contributed by atoms with Gasteiger partial charge in [-0.25, -0.2) is 4.98 Å². The van der Waals surface area contributed by atoms with Gasteiger partial charge in [0.1, 0.15) is 22.9 Å². The molecule has 0 radical (unpaired) electrons. The molecule has 0 aliphatic carbocycles. The Morgan fingerprint density at radius 2 is 1.84 bits per heavy atom. The highest BCUT2D eigenvalue weighted by Crippen LogP contribution is 2.38. The van der Waals surface area contributed by atoms with Crippen LogP contribution in [0.3, 0.4) is 0 Å². The molecule has 1 heterocycles. The van der Waals surface area contributed by atoms with E-state index in [1.54, 1.807) is 24.3 Å². The summed E-state index contributed by atoms with van der Waals surface area (Å²) in [5, 5.41) is 14.4. The molecule has 1 N–H and O–H groups in total. The van der Waals surface area contributed by atoms with Gasteiger partial charge in [0.25, 0.3) is 11.6 Å². The van der Waals surface area contributed by atoms with Crippen molar-refractivity contribution in [2.24, 2.45) is 0 Å². The van der Waals surface area contributed by atoms with Crippen molar-refractivity contribution >= 4 is 38.8 Å². The van der Waals surface area contributed by atoms with E-state index < -0.39 is 28.3 Å². The Morgan fingerprint density at radius 1 is 1.13 bits per heavy atom. The van der Waals surface area contributed by atoms with Gasteiger partial charge < -0.3 is 15.0 Å². The Hall–Kier alpha value is -4.03. The molecule has 8 nitrogen and oxygen atoms in total. The minimum atomic E-state index is -4.98. The molecule has 0 spiro atoms. The van der Waals surface area contributed by atoms with Gasteiger partial charge in [-0.15, -0.1) is 11.3 Å². The van der Waals surface area contributed by atoms with Crippen LogP contribution in [0.15, 0.2) is 54.6 Å². The van der Waals surface area contributed by atoms with E-state index in [1.807, 2.05) is 37.2 Å². The first-order chi connectivity index (χ1) is 17.9. The van der Waals surface area contributed by atoms with Crippen molar-refractivity contribution in [2.45, 2.75) is 13.1 Å². The number of aryl methyl sites for hydroxylation is 1. The first kappa shape index (κ1) is 27.0. The second-order valence-corrected chi connectivity index (χ2v) is 9.80. The molecule has 4 rings (SSSR count). The van der Waals surface area contributed by atoms with E-state index in [9.17, 15) is 28.1 Å². The van der Waals surface area contributed by atoms with Gasteiger partial charge >= 0.3 is 6.18 Å². The molecule has 1 amide bonds. The lowest BCUT2D eigenvalue weighted by atomic mass is 10.0. The van der Waals surface area contributed by atoms with Gasteiger partial charge in [-0.2, -0.15) is 13.2 Å². The van der Waals surface area contributed by atoms with Crippen molar-refractivity contribution in [2.75, 3.05) is 32.6 Å². The van der Waals surface area contributed by atoms with Gasteiger partial charge in [-0.05, 0) is 75.1 Å². The number of amides is 1. The molecule has 38 heavy (non-hydrogen) atoms. The Bertz CT molecular complexity index is 1500. The SMILES string of the molecule is Cc1cc([N+](=O)[O-])c(C(F)(F)F)cc1C(=O)Nc1ccc(-c2nc3ccc(OCCN(C)C)cc3s2)cc1.